The van der Waals surface area contributed by atoms with Gasteiger partial charge in [-0.1, -0.05) is 12.1 Å². The molecule has 0 fully saturated rings. The second kappa shape index (κ2) is 6.11. The highest BCUT2D eigenvalue weighted by atomic mass is 32.2. The zero-order chi connectivity index (χ0) is 15.5. The van der Waals surface area contributed by atoms with Crippen molar-refractivity contribution in [2.45, 2.75) is 18.2 Å². The molecule has 7 heteroatoms. The second-order valence-electron chi connectivity index (χ2n) is 4.80. The Hall–Kier alpha value is -2.12. The van der Waals surface area contributed by atoms with Gasteiger partial charge in [-0.2, -0.15) is 0 Å². The van der Waals surface area contributed by atoms with Crippen molar-refractivity contribution < 1.29 is 8.42 Å². The fraction of sp³-hybridized carbons (Fsp3) is 0.214. The molecule has 0 saturated heterocycles. The molecule has 0 unspecified atom stereocenters. The van der Waals surface area contributed by atoms with Crippen LogP contribution in [0.4, 0.5) is 11.5 Å². The minimum Gasteiger partial charge on any atom is -0.397 e. The number of nitrogens with two attached hydrogens (primary N) is 2. The first-order chi connectivity index (χ1) is 9.86. The van der Waals surface area contributed by atoms with E-state index in [1.54, 1.807) is 18.3 Å². The highest BCUT2D eigenvalue weighted by Crippen LogP contribution is 2.14. The fourth-order valence-electron chi connectivity index (χ4n) is 1.95. The van der Waals surface area contributed by atoms with Crippen molar-refractivity contribution in [1.29, 1.82) is 0 Å². The Balaban J connectivity index is 1.94. The molecule has 0 aliphatic carbocycles. The van der Waals surface area contributed by atoms with E-state index in [2.05, 4.69) is 10.3 Å². The van der Waals surface area contributed by atoms with Gasteiger partial charge in [0.25, 0.3) is 0 Å². The third kappa shape index (κ3) is 4.17. The summed E-state index contributed by atoms with van der Waals surface area (Å²) < 4.78 is 22.3. The van der Waals surface area contributed by atoms with Gasteiger partial charge in [0.05, 0.1) is 16.8 Å². The van der Waals surface area contributed by atoms with Crippen molar-refractivity contribution in [2.24, 2.45) is 5.14 Å². The summed E-state index contributed by atoms with van der Waals surface area (Å²) in [6.45, 7) is 2.62. The number of rotatable bonds is 5. The van der Waals surface area contributed by atoms with E-state index in [-0.39, 0.29) is 4.90 Å². The lowest BCUT2D eigenvalue weighted by Gasteiger charge is -2.09. The van der Waals surface area contributed by atoms with E-state index < -0.39 is 10.0 Å². The number of nitrogens with one attached hydrogen (secondary N) is 1. The maximum atomic E-state index is 11.2. The lowest BCUT2D eigenvalue weighted by atomic mass is 10.1. The maximum absolute atomic E-state index is 11.2. The first kappa shape index (κ1) is 15.3. The molecule has 0 amide bonds. The van der Waals surface area contributed by atoms with E-state index in [9.17, 15) is 8.42 Å². The van der Waals surface area contributed by atoms with E-state index >= 15 is 0 Å². The van der Waals surface area contributed by atoms with E-state index in [4.69, 9.17) is 10.9 Å². The zero-order valence-electron chi connectivity index (χ0n) is 11.7. The predicted octanol–water partition coefficient (Wildman–Crippen LogP) is 1.27. The van der Waals surface area contributed by atoms with E-state index in [1.165, 1.54) is 12.1 Å². The van der Waals surface area contributed by atoms with Crippen molar-refractivity contribution in [2.75, 3.05) is 17.6 Å². The van der Waals surface area contributed by atoms with Crippen LogP contribution in [-0.2, 0) is 16.4 Å². The first-order valence-corrected chi connectivity index (χ1v) is 7.98. The summed E-state index contributed by atoms with van der Waals surface area (Å²) >= 11 is 0. The monoisotopic (exact) mass is 306 g/mol. The number of aryl methyl sites for hydroxylation is 1. The Morgan fingerprint density at radius 1 is 1.24 bits per heavy atom. The normalized spacial score (nSPS) is 11.3. The molecule has 1 aromatic carbocycles. The van der Waals surface area contributed by atoms with Gasteiger partial charge in [0.1, 0.15) is 5.82 Å². The first-order valence-electron chi connectivity index (χ1n) is 6.44. The fourth-order valence-corrected chi connectivity index (χ4v) is 2.47. The average molecular weight is 306 g/mol. The predicted molar refractivity (Wildman–Crippen MR) is 83.4 cm³/mol. The minimum atomic E-state index is -3.63. The van der Waals surface area contributed by atoms with Crippen LogP contribution < -0.4 is 16.2 Å². The SMILES string of the molecule is Cc1cc(N)cnc1NCCc1ccc(S(N)(=O)=O)cc1. The number of aromatic nitrogens is 1. The smallest absolute Gasteiger partial charge is 0.238 e. The van der Waals surface area contributed by atoms with Crippen LogP contribution in [0.15, 0.2) is 41.4 Å². The highest BCUT2D eigenvalue weighted by Gasteiger charge is 2.06. The molecule has 1 heterocycles. The Kier molecular flexibility index (Phi) is 4.44. The van der Waals surface area contributed by atoms with Crippen LogP contribution in [0.25, 0.3) is 0 Å². The van der Waals surface area contributed by atoms with Crippen molar-refractivity contribution in [3.05, 3.63) is 47.7 Å². The lowest BCUT2D eigenvalue weighted by Crippen LogP contribution is -2.12. The summed E-state index contributed by atoms with van der Waals surface area (Å²) in [5.74, 6) is 0.797. The standard InChI is InChI=1S/C14H18N4O2S/c1-10-8-12(15)9-18-14(10)17-7-6-11-2-4-13(5-3-11)21(16,19)20/h2-5,8-9H,6-7,15H2,1H3,(H,17,18)(H2,16,19,20). The number of nitrogens with zero attached hydrogens (tertiary/aromatic N) is 1. The van der Waals surface area contributed by atoms with Gasteiger partial charge in [0.15, 0.2) is 0 Å². The van der Waals surface area contributed by atoms with E-state index in [0.717, 1.165) is 23.4 Å². The maximum Gasteiger partial charge on any atom is 0.238 e. The number of sulfonamides is 1. The summed E-state index contributed by atoms with van der Waals surface area (Å²) in [5.41, 5.74) is 8.29. The van der Waals surface area contributed by atoms with Gasteiger partial charge in [-0.25, -0.2) is 18.5 Å². The molecule has 1 aromatic heterocycles. The zero-order valence-corrected chi connectivity index (χ0v) is 12.5. The Morgan fingerprint density at radius 2 is 1.90 bits per heavy atom. The number of benzene rings is 1. The van der Waals surface area contributed by atoms with E-state index in [0.29, 0.717) is 12.2 Å². The molecular formula is C14H18N4O2S. The Bertz CT molecular complexity index is 727. The number of hydrogen-bond donors (Lipinski definition) is 3. The van der Waals surface area contributed by atoms with Crippen molar-refractivity contribution in [3.63, 3.8) is 0 Å². The number of anilines is 2. The van der Waals surface area contributed by atoms with Gasteiger partial charge in [-0.15, -0.1) is 0 Å². The summed E-state index contributed by atoms with van der Waals surface area (Å²) in [6, 6.07) is 8.39. The number of primary sulfonamides is 1. The molecule has 0 aliphatic rings. The van der Waals surface area contributed by atoms with Crippen LogP contribution in [0.3, 0.4) is 0 Å². The summed E-state index contributed by atoms with van der Waals surface area (Å²) in [7, 11) is -3.63. The van der Waals surface area contributed by atoms with Crippen molar-refractivity contribution >= 4 is 21.5 Å². The molecule has 21 heavy (non-hydrogen) atoms. The van der Waals surface area contributed by atoms with Gasteiger partial charge in [0.2, 0.25) is 10.0 Å². The molecule has 0 bridgehead atoms. The van der Waals surface area contributed by atoms with Crippen LogP contribution in [0, 0.1) is 6.92 Å². The minimum absolute atomic E-state index is 0.121. The quantitative estimate of drug-likeness (QED) is 0.770. The Labute approximate surface area is 124 Å². The van der Waals surface area contributed by atoms with Crippen molar-refractivity contribution in [3.8, 4) is 0 Å². The molecule has 0 spiro atoms. The largest absolute Gasteiger partial charge is 0.397 e. The summed E-state index contributed by atoms with van der Waals surface area (Å²) in [4.78, 5) is 4.34. The average Bonchev–Trinajstić information content (AvgIpc) is 2.41. The molecular weight excluding hydrogens is 288 g/mol. The van der Waals surface area contributed by atoms with E-state index in [1.807, 2.05) is 13.0 Å². The topological polar surface area (TPSA) is 111 Å². The molecule has 0 radical (unpaired) electrons. The molecule has 2 aromatic rings. The van der Waals surface area contributed by atoms with Gasteiger partial charge < -0.3 is 11.1 Å². The van der Waals surface area contributed by atoms with Gasteiger partial charge in [0, 0.05) is 6.54 Å². The lowest BCUT2D eigenvalue weighted by molar-refractivity contribution is 0.598. The van der Waals surface area contributed by atoms with Gasteiger partial charge in [-0.3, -0.25) is 0 Å². The molecule has 6 nitrogen and oxygen atoms in total. The number of pyridine rings is 1. The van der Waals surface area contributed by atoms with Crippen LogP contribution in [0.5, 0.6) is 0 Å². The highest BCUT2D eigenvalue weighted by molar-refractivity contribution is 7.89. The molecule has 0 aliphatic heterocycles. The van der Waals surface area contributed by atoms with Gasteiger partial charge in [-0.05, 0) is 42.7 Å². The van der Waals surface area contributed by atoms with Gasteiger partial charge >= 0.3 is 0 Å². The summed E-state index contributed by atoms with van der Waals surface area (Å²) in [6.07, 6.45) is 2.35. The van der Waals surface area contributed by atoms with Crippen molar-refractivity contribution in [1.82, 2.24) is 4.98 Å². The molecule has 0 saturated carbocycles. The summed E-state index contributed by atoms with van der Waals surface area (Å²) in [5, 5.41) is 8.28. The third-order valence-corrected chi connectivity index (χ3v) is 3.99. The Morgan fingerprint density at radius 3 is 2.48 bits per heavy atom. The number of hydrogen-bond acceptors (Lipinski definition) is 5. The van der Waals surface area contributed by atoms with Crippen LogP contribution in [-0.4, -0.2) is 19.9 Å². The second-order valence-corrected chi connectivity index (χ2v) is 6.36. The molecule has 0 atom stereocenters. The van der Waals surface area contributed by atoms with Crippen LogP contribution >= 0.6 is 0 Å². The van der Waals surface area contributed by atoms with Crippen LogP contribution in [0.1, 0.15) is 11.1 Å². The third-order valence-electron chi connectivity index (χ3n) is 3.06. The molecule has 2 rings (SSSR count). The number of nitrogen functional groups attached to an aromatic ring is 1. The van der Waals surface area contributed by atoms with Crippen LogP contribution in [0.2, 0.25) is 0 Å². The molecule has 112 valence electrons. The molecule has 5 N–H and O–H groups in total.